The summed E-state index contributed by atoms with van der Waals surface area (Å²) in [6.45, 7) is 3.99. The molecule has 0 aliphatic carbocycles. The summed E-state index contributed by atoms with van der Waals surface area (Å²) in [4.78, 5) is 27.9. The molecule has 0 unspecified atom stereocenters. The Morgan fingerprint density at radius 3 is 2.85 bits per heavy atom. The average molecular weight is 386 g/mol. The van der Waals surface area contributed by atoms with Gasteiger partial charge in [0, 0.05) is 17.7 Å². The number of non-ortho nitro benzene ring substituents is 1. The maximum atomic E-state index is 12.4. The molecule has 3 rings (SSSR count). The van der Waals surface area contributed by atoms with Crippen LogP contribution in [0.4, 0.5) is 5.69 Å². The van der Waals surface area contributed by atoms with E-state index >= 15 is 0 Å². The van der Waals surface area contributed by atoms with Gasteiger partial charge in [-0.3, -0.25) is 14.9 Å². The van der Waals surface area contributed by atoms with Crippen molar-refractivity contribution < 1.29 is 14.2 Å². The van der Waals surface area contributed by atoms with E-state index in [4.69, 9.17) is 4.52 Å². The molecule has 0 bridgehead atoms. The molecular weight excluding hydrogens is 368 g/mol. The van der Waals surface area contributed by atoms with Crippen LogP contribution in [0.25, 0.3) is 11.4 Å². The van der Waals surface area contributed by atoms with Crippen LogP contribution >= 0.6 is 11.3 Å². The SMILES string of the molecule is CC[C@@H](C)[C@H](NC(=O)c1cccs1)c1nc(-c2cccc([N+](=O)[O-])c2)no1. The topological polar surface area (TPSA) is 111 Å². The van der Waals surface area contributed by atoms with Gasteiger partial charge in [0.25, 0.3) is 11.6 Å². The molecule has 0 saturated carbocycles. The minimum absolute atomic E-state index is 0.0525. The molecule has 1 amide bonds. The first-order chi connectivity index (χ1) is 13.0. The zero-order chi connectivity index (χ0) is 19.4. The Kier molecular flexibility index (Phi) is 5.60. The van der Waals surface area contributed by atoms with Gasteiger partial charge in [-0.25, -0.2) is 0 Å². The number of amides is 1. The number of nitrogens with zero attached hydrogens (tertiary/aromatic N) is 3. The zero-order valence-corrected chi connectivity index (χ0v) is 15.6. The monoisotopic (exact) mass is 386 g/mol. The fourth-order valence-electron chi connectivity index (χ4n) is 2.54. The fourth-order valence-corrected chi connectivity index (χ4v) is 3.17. The molecule has 1 aromatic carbocycles. The summed E-state index contributed by atoms with van der Waals surface area (Å²) in [6.07, 6.45) is 0.796. The number of carbonyl (C=O) groups excluding carboxylic acids is 1. The highest BCUT2D eigenvalue weighted by Gasteiger charge is 2.27. The Bertz CT molecular complexity index is 939. The average Bonchev–Trinajstić information content (AvgIpc) is 3.37. The second kappa shape index (κ2) is 8.09. The van der Waals surface area contributed by atoms with Crippen LogP contribution in [0, 0.1) is 16.0 Å². The number of hydrogen-bond donors (Lipinski definition) is 1. The summed E-state index contributed by atoms with van der Waals surface area (Å²) in [5.74, 6) is 0.376. The number of nitro groups is 1. The zero-order valence-electron chi connectivity index (χ0n) is 14.8. The quantitative estimate of drug-likeness (QED) is 0.480. The highest BCUT2D eigenvalue weighted by Crippen LogP contribution is 2.27. The van der Waals surface area contributed by atoms with Gasteiger partial charge in [-0.05, 0) is 17.4 Å². The van der Waals surface area contributed by atoms with Gasteiger partial charge in [0.15, 0.2) is 0 Å². The Labute approximate surface area is 159 Å². The molecule has 27 heavy (non-hydrogen) atoms. The molecule has 0 saturated heterocycles. The largest absolute Gasteiger partial charge is 0.339 e. The third-order valence-electron chi connectivity index (χ3n) is 4.27. The van der Waals surface area contributed by atoms with Crippen molar-refractivity contribution in [1.82, 2.24) is 15.5 Å². The summed E-state index contributed by atoms with van der Waals surface area (Å²) in [6, 6.07) is 9.12. The minimum atomic E-state index is -0.478. The molecular formula is C18H18N4O4S. The first kappa shape index (κ1) is 18.7. The molecule has 1 N–H and O–H groups in total. The Morgan fingerprint density at radius 2 is 2.19 bits per heavy atom. The number of rotatable bonds is 7. The molecule has 0 aliphatic heterocycles. The van der Waals surface area contributed by atoms with Crippen LogP contribution in [0.15, 0.2) is 46.3 Å². The predicted octanol–water partition coefficient (Wildman–Crippen LogP) is 4.22. The predicted molar refractivity (Wildman–Crippen MR) is 100 cm³/mol. The highest BCUT2D eigenvalue weighted by molar-refractivity contribution is 7.12. The number of nitrogens with one attached hydrogen (secondary N) is 1. The van der Waals surface area contributed by atoms with E-state index in [2.05, 4.69) is 15.5 Å². The Morgan fingerprint density at radius 1 is 1.37 bits per heavy atom. The summed E-state index contributed by atoms with van der Waals surface area (Å²) < 4.78 is 5.38. The van der Waals surface area contributed by atoms with Crippen LogP contribution in [0.3, 0.4) is 0 Å². The summed E-state index contributed by atoms with van der Waals surface area (Å²) in [5.41, 5.74) is 0.426. The van der Waals surface area contributed by atoms with Gasteiger partial charge in [-0.2, -0.15) is 4.98 Å². The summed E-state index contributed by atoms with van der Waals surface area (Å²) >= 11 is 1.35. The molecule has 0 aliphatic rings. The van der Waals surface area contributed by atoms with Gasteiger partial charge in [-0.1, -0.05) is 43.6 Å². The summed E-state index contributed by atoms with van der Waals surface area (Å²) in [7, 11) is 0. The molecule has 2 aromatic heterocycles. The number of nitro benzene ring substituents is 1. The van der Waals surface area contributed by atoms with Gasteiger partial charge >= 0.3 is 0 Å². The number of benzene rings is 1. The maximum Gasteiger partial charge on any atom is 0.270 e. The van der Waals surface area contributed by atoms with Crippen molar-refractivity contribution in [3.05, 3.63) is 62.7 Å². The second-order valence-corrected chi connectivity index (χ2v) is 7.03. The first-order valence-corrected chi connectivity index (χ1v) is 9.30. The van der Waals surface area contributed by atoms with Gasteiger partial charge in [0.05, 0.1) is 9.80 Å². The molecule has 2 heterocycles. The molecule has 0 fully saturated rings. The highest BCUT2D eigenvalue weighted by atomic mass is 32.1. The molecule has 0 spiro atoms. The van der Waals surface area contributed by atoms with Crippen LogP contribution in [0.2, 0.25) is 0 Å². The van der Waals surface area contributed by atoms with Crippen molar-refractivity contribution in [2.45, 2.75) is 26.3 Å². The van der Waals surface area contributed by atoms with E-state index in [0.29, 0.717) is 10.4 Å². The molecule has 0 radical (unpaired) electrons. The van der Waals surface area contributed by atoms with Crippen molar-refractivity contribution in [2.75, 3.05) is 0 Å². The standard InChI is InChI=1S/C18H18N4O4S/c1-3-11(2)15(19-17(23)14-8-5-9-27-14)18-20-16(21-26-18)12-6-4-7-13(10-12)22(24)25/h4-11,15H,3H2,1-2H3,(H,19,23)/t11-,15+/m1/s1. The van der Waals surface area contributed by atoms with Crippen LogP contribution in [-0.2, 0) is 0 Å². The molecule has 3 aromatic rings. The van der Waals surface area contributed by atoms with Crippen LogP contribution in [-0.4, -0.2) is 21.0 Å². The van der Waals surface area contributed by atoms with Gasteiger partial charge < -0.3 is 9.84 Å². The lowest BCUT2D eigenvalue weighted by Crippen LogP contribution is -2.32. The van der Waals surface area contributed by atoms with Gasteiger partial charge in [0.2, 0.25) is 11.7 Å². The molecule has 140 valence electrons. The molecule has 2 atom stereocenters. The fraction of sp³-hybridized carbons (Fsp3) is 0.278. The van der Waals surface area contributed by atoms with E-state index in [1.54, 1.807) is 18.2 Å². The maximum absolute atomic E-state index is 12.4. The second-order valence-electron chi connectivity index (χ2n) is 6.08. The number of carbonyl (C=O) groups is 1. The van der Waals surface area contributed by atoms with E-state index < -0.39 is 11.0 Å². The van der Waals surface area contributed by atoms with E-state index in [1.807, 2.05) is 25.3 Å². The van der Waals surface area contributed by atoms with Crippen molar-refractivity contribution in [1.29, 1.82) is 0 Å². The lowest BCUT2D eigenvalue weighted by atomic mass is 9.99. The number of aromatic nitrogens is 2. The Hall–Kier alpha value is -3.07. The molecule has 8 nitrogen and oxygen atoms in total. The van der Waals surface area contributed by atoms with Gasteiger partial charge in [-0.15, -0.1) is 11.3 Å². The smallest absolute Gasteiger partial charge is 0.270 e. The van der Waals surface area contributed by atoms with Crippen LogP contribution in [0.5, 0.6) is 0 Å². The summed E-state index contributed by atoms with van der Waals surface area (Å²) in [5, 5.41) is 19.7. The van der Waals surface area contributed by atoms with E-state index in [-0.39, 0.29) is 29.2 Å². The third kappa shape index (κ3) is 4.20. The van der Waals surface area contributed by atoms with E-state index in [0.717, 1.165) is 6.42 Å². The van der Waals surface area contributed by atoms with Crippen molar-refractivity contribution in [3.8, 4) is 11.4 Å². The van der Waals surface area contributed by atoms with Crippen molar-refractivity contribution in [2.24, 2.45) is 5.92 Å². The third-order valence-corrected chi connectivity index (χ3v) is 5.14. The number of hydrogen-bond acceptors (Lipinski definition) is 7. The first-order valence-electron chi connectivity index (χ1n) is 8.42. The lowest BCUT2D eigenvalue weighted by Gasteiger charge is -2.20. The Balaban J connectivity index is 1.87. The van der Waals surface area contributed by atoms with Gasteiger partial charge in [0.1, 0.15) is 6.04 Å². The van der Waals surface area contributed by atoms with Crippen molar-refractivity contribution >= 4 is 22.9 Å². The van der Waals surface area contributed by atoms with Crippen molar-refractivity contribution in [3.63, 3.8) is 0 Å². The lowest BCUT2D eigenvalue weighted by molar-refractivity contribution is -0.384. The van der Waals surface area contributed by atoms with Crippen LogP contribution < -0.4 is 5.32 Å². The van der Waals surface area contributed by atoms with E-state index in [1.165, 1.54) is 23.5 Å². The normalized spacial score (nSPS) is 13.1. The van der Waals surface area contributed by atoms with E-state index in [9.17, 15) is 14.9 Å². The molecule has 9 heteroatoms. The minimum Gasteiger partial charge on any atom is -0.339 e. The number of thiophene rings is 1. The van der Waals surface area contributed by atoms with Crippen LogP contribution in [0.1, 0.15) is 41.9 Å².